The van der Waals surface area contributed by atoms with Gasteiger partial charge in [-0.05, 0) is 80.5 Å². The van der Waals surface area contributed by atoms with Crippen molar-refractivity contribution >= 4 is 5.91 Å². The quantitative estimate of drug-likeness (QED) is 0.712. The summed E-state index contributed by atoms with van der Waals surface area (Å²) in [6.07, 6.45) is 0.941. The third kappa shape index (κ3) is 5.16. The minimum absolute atomic E-state index is 0.0292. The highest BCUT2D eigenvalue weighted by Gasteiger charge is 2.21. The van der Waals surface area contributed by atoms with Crippen LogP contribution >= 0.6 is 0 Å². The zero-order valence-electron chi connectivity index (χ0n) is 16.1. The number of rotatable bonds is 7. The summed E-state index contributed by atoms with van der Waals surface area (Å²) >= 11 is 0. The van der Waals surface area contributed by atoms with E-state index in [1.165, 1.54) is 16.7 Å². The lowest BCUT2D eigenvalue weighted by atomic mass is 9.94. The van der Waals surface area contributed by atoms with E-state index in [9.17, 15) is 9.90 Å². The number of carbonyl (C=O) groups is 1. The first-order valence-electron chi connectivity index (χ1n) is 9.03. The van der Waals surface area contributed by atoms with Gasteiger partial charge < -0.3 is 15.5 Å². The molecule has 0 aliphatic rings. The standard InChI is InChI=1S/C22H29NO3/c1-15-11-17(3)20(12-16(15)2)18-7-5-8-19(13-18)21(25)23-14-22(4,26)9-6-10-24/h5,7-8,11-13,24,26H,6,9-10,14H2,1-4H3,(H,23,25)/t22-/m1/s1. The molecule has 0 aliphatic carbocycles. The highest BCUT2D eigenvalue weighted by Crippen LogP contribution is 2.27. The zero-order valence-corrected chi connectivity index (χ0v) is 16.1. The Hall–Kier alpha value is -2.17. The van der Waals surface area contributed by atoms with E-state index in [0.717, 1.165) is 11.1 Å². The fourth-order valence-electron chi connectivity index (χ4n) is 3.02. The van der Waals surface area contributed by atoms with Gasteiger partial charge in [-0.3, -0.25) is 4.79 Å². The normalized spacial score (nSPS) is 13.3. The number of hydrogen-bond acceptors (Lipinski definition) is 3. The van der Waals surface area contributed by atoms with Crippen LogP contribution in [-0.2, 0) is 0 Å². The van der Waals surface area contributed by atoms with Gasteiger partial charge >= 0.3 is 0 Å². The number of aliphatic hydroxyl groups excluding tert-OH is 1. The van der Waals surface area contributed by atoms with Crippen LogP contribution in [0.25, 0.3) is 11.1 Å². The summed E-state index contributed by atoms with van der Waals surface area (Å²) in [7, 11) is 0. The van der Waals surface area contributed by atoms with Gasteiger partial charge in [0, 0.05) is 18.7 Å². The Morgan fingerprint density at radius 2 is 1.77 bits per heavy atom. The van der Waals surface area contributed by atoms with Gasteiger partial charge in [-0.25, -0.2) is 0 Å². The smallest absolute Gasteiger partial charge is 0.251 e. The van der Waals surface area contributed by atoms with Crippen molar-refractivity contribution in [2.75, 3.05) is 13.2 Å². The molecule has 1 atom stereocenters. The number of amides is 1. The van der Waals surface area contributed by atoms with Crippen LogP contribution in [0.5, 0.6) is 0 Å². The number of carbonyl (C=O) groups excluding carboxylic acids is 1. The summed E-state index contributed by atoms with van der Waals surface area (Å²) in [5.74, 6) is -0.211. The van der Waals surface area contributed by atoms with Crippen molar-refractivity contribution in [2.45, 2.75) is 46.1 Å². The Morgan fingerprint density at radius 1 is 1.08 bits per heavy atom. The van der Waals surface area contributed by atoms with E-state index >= 15 is 0 Å². The predicted molar refractivity (Wildman–Crippen MR) is 105 cm³/mol. The molecule has 0 aliphatic heterocycles. The molecule has 0 spiro atoms. The average Bonchev–Trinajstić information content (AvgIpc) is 2.61. The maximum atomic E-state index is 12.5. The predicted octanol–water partition coefficient (Wildman–Crippen LogP) is 3.53. The first-order valence-corrected chi connectivity index (χ1v) is 9.03. The molecule has 2 rings (SSSR count). The Morgan fingerprint density at radius 3 is 2.46 bits per heavy atom. The second-order valence-electron chi connectivity index (χ2n) is 7.34. The molecule has 0 bridgehead atoms. The van der Waals surface area contributed by atoms with Crippen molar-refractivity contribution < 1.29 is 15.0 Å². The third-order valence-corrected chi connectivity index (χ3v) is 4.78. The van der Waals surface area contributed by atoms with Crippen LogP contribution < -0.4 is 5.32 Å². The fraction of sp³-hybridized carbons (Fsp3) is 0.409. The molecule has 140 valence electrons. The molecule has 2 aromatic rings. The Balaban J connectivity index is 2.16. The van der Waals surface area contributed by atoms with E-state index in [-0.39, 0.29) is 19.1 Å². The number of aliphatic hydroxyl groups is 2. The molecule has 0 aromatic heterocycles. The van der Waals surface area contributed by atoms with Crippen molar-refractivity contribution in [3.63, 3.8) is 0 Å². The molecule has 0 saturated carbocycles. The van der Waals surface area contributed by atoms with Gasteiger partial charge in [-0.15, -0.1) is 0 Å². The highest BCUT2D eigenvalue weighted by molar-refractivity contribution is 5.95. The van der Waals surface area contributed by atoms with E-state index in [1.54, 1.807) is 13.0 Å². The van der Waals surface area contributed by atoms with E-state index < -0.39 is 5.60 Å². The highest BCUT2D eigenvalue weighted by atomic mass is 16.3. The molecule has 0 heterocycles. The molecule has 1 amide bonds. The minimum atomic E-state index is -1.03. The summed E-state index contributed by atoms with van der Waals surface area (Å²) in [5.41, 5.74) is 5.32. The fourth-order valence-corrected chi connectivity index (χ4v) is 3.02. The summed E-state index contributed by atoms with van der Waals surface area (Å²) in [6, 6.07) is 11.9. The number of hydrogen-bond donors (Lipinski definition) is 3. The summed E-state index contributed by atoms with van der Waals surface area (Å²) in [5, 5.41) is 21.9. The van der Waals surface area contributed by atoms with Gasteiger partial charge in [0.15, 0.2) is 0 Å². The van der Waals surface area contributed by atoms with Crippen LogP contribution in [0.3, 0.4) is 0 Å². The maximum Gasteiger partial charge on any atom is 0.251 e. The van der Waals surface area contributed by atoms with Crippen LogP contribution in [0.2, 0.25) is 0 Å². The summed E-state index contributed by atoms with van der Waals surface area (Å²) in [4.78, 5) is 12.5. The summed E-state index contributed by atoms with van der Waals surface area (Å²) < 4.78 is 0. The van der Waals surface area contributed by atoms with Crippen LogP contribution in [0.4, 0.5) is 0 Å². The lowest BCUT2D eigenvalue weighted by Crippen LogP contribution is -2.40. The van der Waals surface area contributed by atoms with Crippen molar-refractivity contribution in [1.82, 2.24) is 5.32 Å². The van der Waals surface area contributed by atoms with Crippen LogP contribution in [0, 0.1) is 20.8 Å². The van der Waals surface area contributed by atoms with E-state index in [1.807, 2.05) is 18.2 Å². The number of nitrogens with one attached hydrogen (secondary N) is 1. The molecule has 26 heavy (non-hydrogen) atoms. The van der Waals surface area contributed by atoms with Crippen molar-refractivity contribution in [1.29, 1.82) is 0 Å². The Labute approximate surface area is 155 Å². The van der Waals surface area contributed by atoms with E-state index in [2.05, 4.69) is 38.2 Å². The second-order valence-corrected chi connectivity index (χ2v) is 7.34. The topological polar surface area (TPSA) is 69.6 Å². The van der Waals surface area contributed by atoms with Gasteiger partial charge in [0.1, 0.15) is 0 Å². The molecule has 0 radical (unpaired) electrons. The van der Waals surface area contributed by atoms with Gasteiger partial charge in [0.25, 0.3) is 5.91 Å². The first kappa shape index (κ1) is 20.1. The van der Waals surface area contributed by atoms with Crippen LogP contribution in [0.15, 0.2) is 36.4 Å². The molecule has 4 nitrogen and oxygen atoms in total. The van der Waals surface area contributed by atoms with Gasteiger partial charge in [-0.1, -0.05) is 24.3 Å². The number of benzene rings is 2. The summed E-state index contributed by atoms with van der Waals surface area (Å²) in [6.45, 7) is 8.10. The molecule has 4 heteroatoms. The molecular formula is C22H29NO3. The van der Waals surface area contributed by atoms with E-state index in [0.29, 0.717) is 18.4 Å². The molecule has 0 fully saturated rings. The molecule has 0 unspecified atom stereocenters. The largest absolute Gasteiger partial charge is 0.396 e. The average molecular weight is 355 g/mol. The van der Waals surface area contributed by atoms with E-state index in [4.69, 9.17) is 5.11 Å². The molecule has 0 saturated heterocycles. The zero-order chi connectivity index (χ0) is 19.3. The van der Waals surface area contributed by atoms with Crippen LogP contribution in [0.1, 0.15) is 46.8 Å². The van der Waals surface area contributed by atoms with Crippen molar-refractivity contribution in [3.8, 4) is 11.1 Å². The molecular weight excluding hydrogens is 326 g/mol. The second kappa shape index (κ2) is 8.47. The molecule has 3 N–H and O–H groups in total. The van der Waals surface area contributed by atoms with Crippen LogP contribution in [-0.4, -0.2) is 34.9 Å². The first-order chi connectivity index (χ1) is 12.2. The monoisotopic (exact) mass is 355 g/mol. The Bertz CT molecular complexity index is 781. The Kier molecular flexibility index (Phi) is 6.57. The van der Waals surface area contributed by atoms with Gasteiger partial charge in [-0.2, -0.15) is 0 Å². The minimum Gasteiger partial charge on any atom is -0.396 e. The lowest BCUT2D eigenvalue weighted by molar-refractivity contribution is 0.0415. The SMILES string of the molecule is Cc1cc(C)c(-c2cccc(C(=O)NC[C@](C)(O)CCCO)c2)cc1C. The molecule has 2 aromatic carbocycles. The van der Waals surface area contributed by atoms with Crippen molar-refractivity contribution in [2.24, 2.45) is 0 Å². The number of aryl methyl sites for hydroxylation is 3. The lowest BCUT2D eigenvalue weighted by Gasteiger charge is -2.23. The van der Waals surface area contributed by atoms with Gasteiger partial charge in [0.2, 0.25) is 0 Å². The third-order valence-electron chi connectivity index (χ3n) is 4.78. The van der Waals surface area contributed by atoms with Gasteiger partial charge in [0.05, 0.1) is 5.60 Å². The maximum absolute atomic E-state index is 12.5. The van der Waals surface area contributed by atoms with Crippen molar-refractivity contribution in [3.05, 3.63) is 58.7 Å².